The highest BCUT2D eigenvalue weighted by Gasteiger charge is 2.57. The molecule has 4 aliphatic rings. The van der Waals surface area contributed by atoms with Crippen LogP contribution >= 0.6 is 0 Å². The van der Waals surface area contributed by atoms with Gasteiger partial charge in [0, 0.05) is 25.6 Å². The first kappa shape index (κ1) is 17.9. The quantitative estimate of drug-likeness (QED) is 0.604. The van der Waals surface area contributed by atoms with Crippen LogP contribution in [0.1, 0.15) is 69.9 Å². The van der Waals surface area contributed by atoms with E-state index in [1.54, 1.807) is 5.57 Å². The highest BCUT2D eigenvalue weighted by atomic mass is 16.5. The molecule has 0 aromatic carbocycles. The van der Waals surface area contributed by atoms with Gasteiger partial charge in [-0.3, -0.25) is 4.98 Å². The summed E-state index contributed by atoms with van der Waals surface area (Å²) in [5, 5.41) is 0. The Bertz CT molecular complexity index is 754. The third kappa shape index (κ3) is 2.66. The van der Waals surface area contributed by atoms with E-state index in [0.717, 1.165) is 36.9 Å². The smallest absolute Gasteiger partial charge is 0.0471 e. The molecule has 0 bridgehead atoms. The molecule has 0 unspecified atom stereocenters. The molecule has 6 atom stereocenters. The van der Waals surface area contributed by atoms with Gasteiger partial charge < -0.3 is 4.74 Å². The van der Waals surface area contributed by atoms with Crippen LogP contribution < -0.4 is 0 Å². The summed E-state index contributed by atoms with van der Waals surface area (Å²) in [6.07, 6.45) is 16.1. The monoisotopic (exact) mass is 365 g/mol. The Morgan fingerprint density at radius 1 is 1.00 bits per heavy atom. The Hall–Kier alpha value is -1.15. The Kier molecular flexibility index (Phi) is 4.27. The van der Waals surface area contributed by atoms with Gasteiger partial charge in [-0.2, -0.15) is 0 Å². The molecule has 3 fully saturated rings. The zero-order chi connectivity index (χ0) is 18.6. The van der Waals surface area contributed by atoms with Gasteiger partial charge >= 0.3 is 0 Å². The predicted octanol–water partition coefficient (Wildman–Crippen LogP) is 6.05. The lowest BCUT2D eigenvalue weighted by atomic mass is 9.46. The Morgan fingerprint density at radius 2 is 1.89 bits per heavy atom. The molecule has 2 saturated carbocycles. The van der Waals surface area contributed by atoms with Crippen molar-refractivity contribution in [1.82, 2.24) is 4.98 Å². The minimum absolute atomic E-state index is 0.348. The van der Waals surface area contributed by atoms with Crippen LogP contribution in [0.2, 0.25) is 0 Å². The molecular formula is C25H35NO. The number of rotatable bonds is 1. The first-order valence-electron chi connectivity index (χ1n) is 11.2. The maximum absolute atomic E-state index is 5.91. The van der Waals surface area contributed by atoms with Crippen molar-refractivity contribution in [2.75, 3.05) is 13.2 Å². The van der Waals surface area contributed by atoms with E-state index in [-0.39, 0.29) is 0 Å². The third-order valence-electron chi connectivity index (χ3n) is 9.23. The van der Waals surface area contributed by atoms with Gasteiger partial charge in [-0.15, -0.1) is 0 Å². The maximum Gasteiger partial charge on any atom is 0.0471 e. The summed E-state index contributed by atoms with van der Waals surface area (Å²) in [5.74, 6) is 3.52. The second-order valence-corrected chi connectivity index (χ2v) is 10.4. The Labute approximate surface area is 164 Å². The van der Waals surface area contributed by atoms with Crippen LogP contribution in [0.4, 0.5) is 0 Å². The van der Waals surface area contributed by atoms with Gasteiger partial charge in [-0.05, 0) is 109 Å². The van der Waals surface area contributed by atoms with Gasteiger partial charge in [0.1, 0.15) is 0 Å². The largest absolute Gasteiger partial charge is 0.381 e. The van der Waals surface area contributed by atoms with Crippen molar-refractivity contribution < 1.29 is 4.74 Å². The summed E-state index contributed by atoms with van der Waals surface area (Å²) in [6.45, 7) is 9.33. The molecule has 0 amide bonds. The van der Waals surface area contributed by atoms with Crippen molar-refractivity contribution in [1.29, 1.82) is 0 Å². The van der Waals surface area contributed by atoms with Crippen LogP contribution in [0.25, 0.3) is 5.57 Å². The fraction of sp³-hybridized carbons (Fsp3) is 0.720. The molecule has 2 heterocycles. The molecular weight excluding hydrogens is 330 g/mol. The fourth-order valence-electron chi connectivity index (χ4n) is 7.74. The molecule has 3 aliphatic carbocycles. The average Bonchev–Trinajstić information content (AvgIpc) is 2.88. The predicted molar refractivity (Wildman–Crippen MR) is 110 cm³/mol. The molecule has 1 aliphatic heterocycles. The SMILES string of the molecule is Cc1cncc(C2=CC[C@H]3[C@@H]4CC[C@H]5CCOCC[C@]5(C)[C@H]4CC[C@]23C)c1. The topological polar surface area (TPSA) is 22.1 Å². The number of hydrogen-bond acceptors (Lipinski definition) is 2. The number of fused-ring (bicyclic) bond motifs is 5. The van der Waals surface area contributed by atoms with E-state index in [1.165, 1.54) is 56.1 Å². The van der Waals surface area contributed by atoms with E-state index < -0.39 is 0 Å². The Morgan fingerprint density at radius 3 is 2.74 bits per heavy atom. The summed E-state index contributed by atoms with van der Waals surface area (Å²) >= 11 is 0. The number of ether oxygens (including phenoxy) is 1. The van der Waals surface area contributed by atoms with Crippen molar-refractivity contribution in [3.05, 3.63) is 35.7 Å². The highest BCUT2D eigenvalue weighted by molar-refractivity contribution is 5.72. The molecule has 1 aromatic heterocycles. The number of allylic oxidation sites excluding steroid dienone is 2. The summed E-state index contributed by atoms with van der Waals surface area (Å²) in [5.41, 5.74) is 5.11. The molecule has 1 saturated heterocycles. The van der Waals surface area contributed by atoms with Crippen molar-refractivity contribution >= 4 is 5.57 Å². The molecule has 0 radical (unpaired) electrons. The minimum atomic E-state index is 0.348. The van der Waals surface area contributed by atoms with Crippen molar-refractivity contribution in [3.8, 4) is 0 Å². The highest BCUT2D eigenvalue weighted by Crippen LogP contribution is 2.66. The Balaban J connectivity index is 1.45. The van der Waals surface area contributed by atoms with Crippen molar-refractivity contribution in [2.24, 2.45) is 34.5 Å². The maximum atomic E-state index is 5.91. The number of hydrogen-bond donors (Lipinski definition) is 0. The summed E-state index contributed by atoms with van der Waals surface area (Å²) in [7, 11) is 0. The van der Waals surface area contributed by atoms with Gasteiger partial charge in [-0.1, -0.05) is 19.9 Å². The van der Waals surface area contributed by atoms with Gasteiger partial charge in [0.05, 0.1) is 0 Å². The van der Waals surface area contributed by atoms with Crippen LogP contribution in [0.15, 0.2) is 24.5 Å². The molecule has 1 aromatic rings. The minimum Gasteiger partial charge on any atom is -0.381 e. The first-order valence-corrected chi connectivity index (χ1v) is 11.2. The molecule has 27 heavy (non-hydrogen) atoms. The van der Waals surface area contributed by atoms with E-state index in [1.807, 2.05) is 6.20 Å². The average molecular weight is 366 g/mol. The lowest BCUT2D eigenvalue weighted by molar-refractivity contribution is -0.0798. The lowest BCUT2D eigenvalue weighted by Gasteiger charge is -2.58. The zero-order valence-corrected chi connectivity index (χ0v) is 17.3. The number of nitrogens with zero attached hydrogens (tertiary/aromatic N) is 1. The van der Waals surface area contributed by atoms with Gasteiger partial charge in [0.2, 0.25) is 0 Å². The lowest BCUT2D eigenvalue weighted by Crippen LogP contribution is -2.51. The van der Waals surface area contributed by atoms with E-state index >= 15 is 0 Å². The van der Waals surface area contributed by atoms with Gasteiger partial charge in [0.25, 0.3) is 0 Å². The molecule has 0 spiro atoms. The first-order chi connectivity index (χ1) is 13.0. The fourth-order valence-corrected chi connectivity index (χ4v) is 7.74. The summed E-state index contributed by atoms with van der Waals surface area (Å²) < 4.78 is 5.91. The summed E-state index contributed by atoms with van der Waals surface area (Å²) in [6, 6.07) is 2.35. The zero-order valence-electron chi connectivity index (χ0n) is 17.3. The van der Waals surface area contributed by atoms with E-state index in [0.29, 0.717) is 10.8 Å². The molecule has 146 valence electrons. The van der Waals surface area contributed by atoms with Crippen LogP contribution in [-0.4, -0.2) is 18.2 Å². The number of aromatic nitrogens is 1. The summed E-state index contributed by atoms with van der Waals surface area (Å²) in [4.78, 5) is 4.50. The number of aryl methyl sites for hydroxylation is 1. The molecule has 0 N–H and O–H groups in total. The van der Waals surface area contributed by atoms with E-state index in [9.17, 15) is 0 Å². The van der Waals surface area contributed by atoms with E-state index in [4.69, 9.17) is 4.74 Å². The molecule has 5 rings (SSSR count). The number of pyridine rings is 1. The standard InChI is InChI=1S/C25H35NO/c1-17-14-18(16-26-15-17)21-6-7-22-20-5-4-19-9-12-27-13-11-24(19,2)23(20)8-10-25(21,22)3/h6,14-16,19-20,22-23H,4-5,7-13H2,1-3H3/t19-,20-,22-,23-,24-,25+/m0/s1. The van der Waals surface area contributed by atoms with Gasteiger partial charge in [-0.25, -0.2) is 0 Å². The second-order valence-electron chi connectivity index (χ2n) is 10.4. The third-order valence-corrected chi connectivity index (χ3v) is 9.23. The molecule has 2 nitrogen and oxygen atoms in total. The van der Waals surface area contributed by atoms with Crippen molar-refractivity contribution in [2.45, 2.75) is 65.7 Å². The second kappa shape index (κ2) is 6.44. The van der Waals surface area contributed by atoms with Crippen LogP contribution in [0, 0.1) is 41.4 Å². The van der Waals surface area contributed by atoms with Crippen LogP contribution in [0.3, 0.4) is 0 Å². The van der Waals surface area contributed by atoms with Gasteiger partial charge in [0.15, 0.2) is 0 Å². The van der Waals surface area contributed by atoms with Crippen molar-refractivity contribution in [3.63, 3.8) is 0 Å². The molecule has 2 heteroatoms. The van der Waals surface area contributed by atoms with Crippen LogP contribution in [0.5, 0.6) is 0 Å². The van der Waals surface area contributed by atoms with Crippen LogP contribution in [-0.2, 0) is 4.74 Å². The van der Waals surface area contributed by atoms with E-state index in [2.05, 4.69) is 44.1 Å². The normalized spacial score (nSPS) is 43.9.